The van der Waals surface area contributed by atoms with Crippen LogP contribution in [0.1, 0.15) is 31.5 Å². The molecule has 0 aromatic carbocycles. The van der Waals surface area contributed by atoms with Crippen molar-refractivity contribution in [1.82, 2.24) is 9.78 Å². The van der Waals surface area contributed by atoms with Gasteiger partial charge in [-0.1, -0.05) is 13.8 Å². The second-order valence-electron chi connectivity index (χ2n) is 5.32. The van der Waals surface area contributed by atoms with E-state index in [1.807, 2.05) is 6.92 Å². The van der Waals surface area contributed by atoms with E-state index >= 15 is 0 Å². The zero-order valence-corrected chi connectivity index (χ0v) is 12.5. The van der Waals surface area contributed by atoms with E-state index in [0.29, 0.717) is 18.4 Å². The zero-order valence-electron chi connectivity index (χ0n) is 11.7. The minimum atomic E-state index is 0.0412. The van der Waals surface area contributed by atoms with E-state index in [2.05, 4.69) is 18.9 Å². The molecule has 0 radical (unpaired) electrons. The molecule has 1 aliphatic rings. The summed E-state index contributed by atoms with van der Waals surface area (Å²) in [5, 5.41) is 4.48. The number of aromatic nitrogens is 2. The lowest BCUT2D eigenvalue weighted by atomic mass is 10.1. The van der Waals surface area contributed by atoms with Gasteiger partial charge in [0.05, 0.1) is 12.3 Å². The molecule has 0 spiro atoms. The van der Waals surface area contributed by atoms with Crippen molar-refractivity contribution >= 4 is 17.3 Å². The van der Waals surface area contributed by atoms with Gasteiger partial charge in [0.1, 0.15) is 6.10 Å². The Morgan fingerprint density at radius 2 is 2.37 bits per heavy atom. The number of nitrogens with zero attached hydrogens (tertiary/aromatic N) is 2. The second kappa shape index (κ2) is 5.88. The van der Waals surface area contributed by atoms with E-state index in [-0.39, 0.29) is 11.2 Å². The highest BCUT2D eigenvalue weighted by Crippen LogP contribution is 2.31. The fourth-order valence-corrected chi connectivity index (χ4v) is 2.22. The Hall–Kier alpha value is -1.14. The largest absolute Gasteiger partial charge is 0.471 e. The van der Waals surface area contributed by atoms with Crippen molar-refractivity contribution in [3.05, 3.63) is 11.3 Å². The highest BCUT2D eigenvalue weighted by molar-refractivity contribution is 7.80. The van der Waals surface area contributed by atoms with Crippen molar-refractivity contribution in [3.8, 4) is 5.88 Å². The van der Waals surface area contributed by atoms with Crippen molar-refractivity contribution in [3.63, 3.8) is 0 Å². The molecule has 1 aromatic rings. The Bertz CT molecular complexity index is 471. The first-order valence-electron chi connectivity index (χ1n) is 6.61. The number of nitrogens with two attached hydrogens (primary N) is 1. The SMILES string of the molecule is Cc1nn(C(N)=S)c2c1C[C@@H](COCCC(C)C)O2. The van der Waals surface area contributed by atoms with Crippen LogP contribution in [-0.4, -0.2) is 34.2 Å². The van der Waals surface area contributed by atoms with Crippen LogP contribution in [0.3, 0.4) is 0 Å². The molecule has 0 unspecified atom stereocenters. The number of rotatable bonds is 5. The lowest BCUT2D eigenvalue weighted by Crippen LogP contribution is -2.25. The van der Waals surface area contributed by atoms with Gasteiger partial charge in [0, 0.05) is 18.6 Å². The maximum Gasteiger partial charge on any atom is 0.222 e. The summed E-state index contributed by atoms with van der Waals surface area (Å²) in [7, 11) is 0. The maximum atomic E-state index is 5.84. The van der Waals surface area contributed by atoms with Gasteiger partial charge in [0.15, 0.2) is 5.11 Å². The van der Waals surface area contributed by atoms with Crippen LogP contribution in [0.4, 0.5) is 0 Å². The minimum absolute atomic E-state index is 0.0412. The van der Waals surface area contributed by atoms with Gasteiger partial charge in [-0.05, 0) is 31.5 Å². The van der Waals surface area contributed by atoms with Crippen LogP contribution in [0.2, 0.25) is 0 Å². The molecule has 1 aliphatic heterocycles. The Morgan fingerprint density at radius 1 is 1.63 bits per heavy atom. The molecular weight excluding hydrogens is 262 g/mol. The summed E-state index contributed by atoms with van der Waals surface area (Å²) in [6.45, 7) is 7.68. The first-order valence-corrected chi connectivity index (χ1v) is 7.02. The maximum absolute atomic E-state index is 5.84. The molecule has 0 fully saturated rings. The molecule has 1 aromatic heterocycles. The molecule has 0 saturated carbocycles. The highest BCUT2D eigenvalue weighted by Gasteiger charge is 2.30. The fourth-order valence-electron chi connectivity index (χ4n) is 2.10. The van der Waals surface area contributed by atoms with Gasteiger partial charge in [-0.2, -0.15) is 9.78 Å². The third-order valence-electron chi connectivity index (χ3n) is 3.20. The first kappa shape index (κ1) is 14.3. The van der Waals surface area contributed by atoms with Gasteiger partial charge in [-0.25, -0.2) is 0 Å². The number of ether oxygens (including phenoxy) is 2. The first-order chi connectivity index (χ1) is 8.99. The number of hydrogen-bond donors (Lipinski definition) is 1. The van der Waals surface area contributed by atoms with Gasteiger partial charge < -0.3 is 15.2 Å². The van der Waals surface area contributed by atoms with E-state index in [1.54, 1.807) is 0 Å². The molecule has 2 heterocycles. The van der Waals surface area contributed by atoms with Crippen molar-refractivity contribution in [2.75, 3.05) is 13.2 Å². The summed E-state index contributed by atoms with van der Waals surface area (Å²) in [5.74, 6) is 1.34. The average Bonchev–Trinajstić information content (AvgIpc) is 2.85. The summed E-state index contributed by atoms with van der Waals surface area (Å²) in [5.41, 5.74) is 7.63. The monoisotopic (exact) mass is 283 g/mol. The number of hydrogen-bond acceptors (Lipinski definition) is 4. The van der Waals surface area contributed by atoms with Crippen molar-refractivity contribution in [2.24, 2.45) is 11.7 Å². The quantitative estimate of drug-likeness (QED) is 0.657. The number of thiocarbonyl (C=S) groups is 1. The van der Waals surface area contributed by atoms with E-state index in [9.17, 15) is 0 Å². The summed E-state index contributed by atoms with van der Waals surface area (Å²) in [6.07, 6.45) is 1.92. The predicted molar refractivity (Wildman–Crippen MR) is 77.5 cm³/mol. The predicted octanol–water partition coefficient (Wildman–Crippen LogP) is 1.65. The van der Waals surface area contributed by atoms with Gasteiger partial charge in [0.25, 0.3) is 0 Å². The number of fused-ring (bicyclic) bond motifs is 1. The molecule has 19 heavy (non-hydrogen) atoms. The van der Waals surface area contributed by atoms with E-state index in [0.717, 1.165) is 30.7 Å². The molecule has 6 heteroatoms. The van der Waals surface area contributed by atoms with E-state index in [1.165, 1.54) is 4.68 Å². The Kier molecular flexibility index (Phi) is 4.42. The van der Waals surface area contributed by atoms with Crippen LogP contribution in [0.15, 0.2) is 0 Å². The third kappa shape index (κ3) is 3.25. The van der Waals surface area contributed by atoms with E-state index in [4.69, 9.17) is 27.4 Å². The molecule has 0 aliphatic carbocycles. The standard InChI is InChI=1S/C13H21N3O2S/c1-8(2)4-5-17-7-10-6-11-9(3)15-16(13(14)19)12(11)18-10/h8,10H,4-7H2,1-3H3,(H2,14,19)/t10-/m0/s1. The molecule has 0 amide bonds. The molecule has 2 N–H and O–H groups in total. The Morgan fingerprint density at radius 3 is 3.00 bits per heavy atom. The third-order valence-corrected chi connectivity index (χ3v) is 3.37. The molecule has 1 atom stereocenters. The minimum Gasteiger partial charge on any atom is -0.471 e. The molecule has 5 nitrogen and oxygen atoms in total. The molecule has 0 bridgehead atoms. The number of aryl methyl sites for hydroxylation is 1. The van der Waals surface area contributed by atoms with Gasteiger partial charge in [-0.3, -0.25) is 0 Å². The normalized spacial score (nSPS) is 17.6. The van der Waals surface area contributed by atoms with Crippen LogP contribution in [0.5, 0.6) is 5.88 Å². The smallest absolute Gasteiger partial charge is 0.222 e. The summed E-state index contributed by atoms with van der Waals surface area (Å²) < 4.78 is 13.0. The van der Waals surface area contributed by atoms with Crippen molar-refractivity contribution in [1.29, 1.82) is 0 Å². The van der Waals surface area contributed by atoms with Gasteiger partial charge in [-0.15, -0.1) is 0 Å². The van der Waals surface area contributed by atoms with Crippen molar-refractivity contribution in [2.45, 2.75) is 39.7 Å². The van der Waals surface area contributed by atoms with Crippen LogP contribution >= 0.6 is 12.2 Å². The lowest BCUT2D eigenvalue weighted by molar-refractivity contribution is 0.0525. The summed E-state index contributed by atoms with van der Waals surface area (Å²) >= 11 is 4.96. The van der Waals surface area contributed by atoms with Crippen molar-refractivity contribution < 1.29 is 9.47 Å². The van der Waals surface area contributed by atoms with Gasteiger partial charge >= 0.3 is 0 Å². The van der Waals surface area contributed by atoms with Gasteiger partial charge in [0.2, 0.25) is 5.88 Å². The average molecular weight is 283 g/mol. The summed E-state index contributed by atoms with van der Waals surface area (Å²) in [4.78, 5) is 0. The fraction of sp³-hybridized carbons (Fsp3) is 0.692. The van der Waals surface area contributed by atoms with Crippen LogP contribution in [0.25, 0.3) is 0 Å². The molecule has 2 rings (SSSR count). The van der Waals surface area contributed by atoms with Crippen LogP contribution < -0.4 is 10.5 Å². The molecular formula is C13H21N3O2S. The lowest BCUT2D eigenvalue weighted by Gasteiger charge is -2.13. The van der Waals surface area contributed by atoms with E-state index < -0.39 is 0 Å². The Labute approximate surface area is 119 Å². The van der Waals surface area contributed by atoms with Crippen LogP contribution in [-0.2, 0) is 11.2 Å². The summed E-state index contributed by atoms with van der Waals surface area (Å²) in [6, 6.07) is 0. The highest BCUT2D eigenvalue weighted by atomic mass is 32.1. The van der Waals surface area contributed by atoms with Crippen LogP contribution in [0, 0.1) is 12.8 Å². The molecule has 106 valence electrons. The Balaban J connectivity index is 1.90. The topological polar surface area (TPSA) is 62.3 Å². The zero-order chi connectivity index (χ0) is 14.0. The second-order valence-corrected chi connectivity index (χ2v) is 5.74. The molecule has 0 saturated heterocycles.